The zero-order chi connectivity index (χ0) is 13.9. The number of aromatic nitrogens is 2. The fraction of sp³-hybridized carbons (Fsp3) is 0.786. The van der Waals surface area contributed by atoms with Crippen molar-refractivity contribution in [3.05, 3.63) is 18.0 Å². The van der Waals surface area contributed by atoms with Crippen LogP contribution in [0, 0.1) is 0 Å². The van der Waals surface area contributed by atoms with Crippen LogP contribution in [-0.2, 0) is 11.5 Å². The van der Waals surface area contributed by atoms with Gasteiger partial charge < -0.3 is 9.84 Å². The fourth-order valence-electron chi connectivity index (χ4n) is 2.47. The zero-order valence-corrected chi connectivity index (χ0v) is 13.3. The molecule has 0 amide bonds. The first-order chi connectivity index (χ1) is 8.96. The van der Waals surface area contributed by atoms with Gasteiger partial charge in [-0.2, -0.15) is 5.10 Å². The van der Waals surface area contributed by atoms with E-state index in [9.17, 15) is 5.11 Å². The summed E-state index contributed by atoms with van der Waals surface area (Å²) in [6.07, 6.45) is 4.80. The van der Waals surface area contributed by atoms with Gasteiger partial charge in [0, 0.05) is 26.8 Å². The molecule has 108 valence electrons. The van der Waals surface area contributed by atoms with Gasteiger partial charge in [-0.25, -0.2) is 4.68 Å². The van der Waals surface area contributed by atoms with Gasteiger partial charge in [0.25, 0.3) is 0 Å². The maximum atomic E-state index is 9.88. The molecule has 0 spiro atoms. The van der Waals surface area contributed by atoms with E-state index in [0.717, 1.165) is 31.6 Å². The highest BCUT2D eigenvalue weighted by Crippen LogP contribution is 2.33. The first-order valence-corrected chi connectivity index (χ1v) is 11.0. The van der Waals surface area contributed by atoms with Gasteiger partial charge in [0.1, 0.15) is 6.73 Å². The lowest BCUT2D eigenvalue weighted by Crippen LogP contribution is -2.22. The summed E-state index contributed by atoms with van der Waals surface area (Å²) in [6.45, 7) is 8.39. The second-order valence-corrected chi connectivity index (χ2v) is 12.4. The van der Waals surface area contributed by atoms with Gasteiger partial charge in [-0.1, -0.05) is 26.1 Å². The molecule has 0 aliphatic heterocycles. The van der Waals surface area contributed by atoms with Crippen molar-refractivity contribution in [1.82, 2.24) is 9.78 Å². The molecular formula is C14H26N2O2Si. The van der Waals surface area contributed by atoms with Gasteiger partial charge in [0.05, 0.1) is 11.8 Å². The van der Waals surface area contributed by atoms with E-state index in [4.69, 9.17) is 4.74 Å². The molecule has 1 N–H and O–H groups in total. The molecule has 4 nitrogen and oxygen atoms in total. The van der Waals surface area contributed by atoms with Crippen LogP contribution in [0.3, 0.4) is 0 Å². The molecule has 19 heavy (non-hydrogen) atoms. The maximum absolute atomic E-state index is 9.88. The molecule has 0 saturated heterocycles. The SMILES string of the molecule is C[Si](C)(C)CCOCn1ccc(C2CCCC2O)n1. The molecule has 2 unspecified atom stereocenters. The average Bonchev–Trinajstić information content (AvgIpc) is 2.91. The summed E-state index contributed by atoms with van der Waals surface area (Å²) in [4.78, 5) is 0. The number of aliphatic hydroxyl groups excluding tert-OH is 1. The van der Waals surface area contributed by atoms with Crippen LogP contribution >= 0.6 is 0 Å². The molecule has 1 aliphatic carbocycles. The van der Waals surface area contributed by atoms with Gasteiger partial charge in [-0.05, 0) is 25.0 Å². The van der Waals surface area contributed by atoms with Crippen LogP contribution in [0.2, 0.25) is 25.7 Å². The molecule has 1 aromatic heterocycles. The molecular weight excluding hydrogens is 256 g/mol. The lowest BCUT2D eigenvalue weighted by atomic mass is 10.0. The van der Waals surface area contributed by atoms with E-state index in [1.807, 2.05) is 16.9 Å². The van der Waals surface area contributed by atoms with Crippen molar-refractivity contribution in [2.45, 2.75) is 63.7 Å². The van der Waals surface area contributed by atoms with Crippen LogP contribution in [0.15, 0.2) is 12.3 Å². The maximum Gasteiger partial charge on any atom is 0.139 e. The molecule has 1 heterocycles. The quantitative estimate of drug-likeness (QED) is 0.644. The molecule has 5 heteroatoms. The lowest BCUT2D eigenvalue weighted by Gasteiger charge is -2.15. The molecule has 0 aromatic carbocycles. The summed E-state index contributed by atoms with van der Waals surface area (Å²) in [5.41, 5.74) is 1.01. The van der Waals surface area contributed by atoms with Gasteiger partial charge in [0.2, 0.25) is 0 Å². The van der Waals surface area contributed by atoms with Crippen LogP contribution < -0.4 is 0 Å². The first kappa shape index (κ1) is 14.7. The normalized spacial score (nSPS) is 24.0. The Morgan fingerprint density at radius 3 is 2.84 bits per heavy atom. The Morgan fingerprint density at radius 2 is 2.21 bits per heavy atom. The first-order valence-electron chi connectivity index (χ1n) is 7.25. The van der Waals surface area contributed by atoms with E-state index in [-0.39, 0.29) is 12.0 Å². The number of aliphatic hydroxyl groups is 1. The summed E-state index contributed by atoms with van der Waals surface area (Å²) in [6, 6.07) is 3.20. The van der Waals surface area contributed by atoms with Crippen LogP contribution in [0.4, 0.5) is 0 Å². The summed E-state index contributed by atoms with van der Waals surface area (Å²) < 4.78 is 7.51. The van der Waals surface area contributed by atoms with E-state index in [2.05, 4.69) is 24.7 Å². The minimum atomic E-state index is -1.01. The van der Waals surface area contributed by atoms with Crippen molar-refractivity contribution in [2.75, 3.05) is 6.61 Å². The van der Waals surface area contributed by atoms with Crippen LogP contribution in [0.5, 0.6) is 0 Å². The van der Waals surface area contributed by atoms with Gasteiger partial charge in [-0.3, -0.25) is 0 Å². The predicted molar refractivity (Wildman–Crippen MR) is 78.9 cm³/mol. The number of nitrogens with zero attached hydrogens (tertiary/aromatic N) is 2. The third-order valence-corrected chi connectivity index (χ3v) is 5.44. The van der Waals surface area contributed by atoms with Crippen LogP contribution in [-0.4, -0.2) is 35.7 Å². The second kappa shape index (κ2) is 6.20. The topological polar surface area (TPSA) is 47.3 Å². The Bertz CT molecular complexity index is 400. The molecule has 1 aliphatic rings. The summed E-state index contributed by atoms with van der Waals surface area (Å²) in [5.74, 6) is 0.225. The highest BCUT2D eigenvalue weighted by atomic mass is 28.3. The highest BCUT2D eigenvalue weighted by Gasteiger charge is 2.28. The Kier molecular flexibility index (Phi) is 4.81. The third kappa shape index (κ3) is 4.44. The molecule has 1 fully saturated rings. The van der Waals surface area contributed by atoms with Crippen molar-refractivity contribution in [3.8, 4) is 0 Å². The molecule has 0 radical (unpaired) electrons. The third-order valence-electron chi connectivity index (χ3n) is 3.74. The molecule has 1 aromatic rings. The summed E-state index contributed by atoms with van der Waals surface area (Å²) in [7, 11) is -1.01. The van der Waals surface area contributed by atoms with Crippen molar-refractivity contribution < 1.29 is 9.84 Å². The molecule has 0 bridgehead atoms. The predicted octanol–water partition coefficient (Wildman–Crippen LogP) is 2.82. The Labute approximate surface area is 116 Å². The summed E-state index contributed by atoms with van der Waals surface area (Å²) >= 11 is 0. The number of hydrogen-bond donors (Lipinski definition) is 1. The molecule has 2 rings (SSSR count). The summed E-state index contributed by atoms with van der Waals surface area (Å²) in [5, 5.41) is 14.4. The van der Waals surface area contributed by atoms with Crippen molar-refractivity contribution >= 4 is 8.07 Å². The average molecular weight is 282 g/mol. The Morgan fingerprint density at radius 1 is 1.42 bits per heavy atom. The zero-order valence-electron chi connectivity index (χ0n) is 12.3. The monoisotopic (exact) mass is 282 g/mol. The smallest absolute Gasteiger partial charge is 0.139 e. The second-order valence-electron chi connectivity index (χ2n) is 6.73. The minimum Gasteiger partial charge on any atom is -0.392 e. The number of rotatable bonds is 6. The number of hydrogen-bond acceptors (Lipinski definition) is 3. The molecule has 2 atom stereocenters. The van der Waals surface area contributed by atoms with Crippen LogP contribution in [0.25, 0.3) is 0 Å². The van der Waals surface area contributed by atoms with Gasteiger partial charge in [0.15, 0.2) is 0 Å². The standard InChI is InChI=1S/C14H26N2O2Si/c1-19(2,3)10-9-18-11-16-8-7-13(15-16)12-5-4-6-14(12)17/h7-8,12,14,17H,4-6,9-11H2,1-3H3. The van der Waals surface area contributed by atoms with Crippen LogP contribution in [0.1, 0.15) is 30.9 Å². The van der Waals surface area contributed by atoms with Gasteiger partial charge in [-0.15, -0.1) is 0 Å². The van der Waals surface area contributed by atoms with Crippen molar-refractivity contribution in [1.29, 1.82) is 0 Å². The fourth-order valence-corrected chi connectivity index (χ4v) is 3.23. The van der Waals surface area contributed by atoms with E-state index in [1.165, 1.54) is 6.04 Å². The van der Waals surface area contributed by atoms with Crippen molar-refractivity contribution in [2.24, 2.45) is 0 Å². The highest BCUT2D eigenvalue weighted by molar-refractivity contribution is 6.76. The largest absolute Gasteiger partial charge is 0.392 e. The van der Waals surface area contributed by atoms with E-state index >= 15 is 0 Å². The van der Waals surface area contributed by atoms with Crippen molar-refractivity contribution in [3.63, 3.8) is 0 Å². The number of ether oxygens (including phenoxy) is 1. The van der Waals surface area contributed by atoms with Gasteiger partial charge >= 0.3 is 0 Å². The van der Waals surface area contributed by atoms with E-state index in [0.29, 0.717) is 6.73 Å². The minimum absolute atomic E-state index is 0.212. The lowest BCUT2D eigenvalue weighted by molar-refractivity contribution is 0.0777. The van der Waals surface area contributed by atoms with E-state index < -0.39 is 8.07 Å². The molecule has 1 saturated carbocycles. The Balaban J connectivity index is 1.78. The van der Waals surface area contributed by atoms with E-state index in [1.54, 1.807) is 0 Å². The Hall–Kier alpha value is -0.653.